The number of hydrogen-bond donors (Lipinski definition) is 1. The molecule has 2 N–H and O–H groups in total. The summed E-state index contributed by atoms with van der Waals surface area (Å²) in [6, 6.07) is 0. The Morgan fingerprint density at radius 2 is 1.95 bits per heavy atom. The number of fused-ring (bicyclic) bond motifs is 3. The first-order chi connectivity index (χ1) is 9.19. The number of methoxy groups -OCH3 is 1. The molecule has 0 aromatic heterocycles. The summed E-state index contributed by atoms with van der Waals surface area (Å²) >= 11 is 0. The van der Waals surface area contributed by atoms with Crippen LogP contribution >= 0.6 is 0 Å². The molecule has 0 aromatic carbocycles. The SMILES string of the molecule is COC1CN(C2(CN)CN3CCC2CC3)CCC1C. The average Bonchev–Trinajstić information content (AvgIpc) is 2.48. The van der Waals surface area contributed by atoms with E-state index in [2.05, 4.69) is 16.7 Å². The van der Waals surface area contributed by atoms with E-state index in [0.717, 1.165) is 19.0 Å². The van der Waals surface area contributed by atoms with Crippen LogP contribution in [0.5, 0.6) is 0 Å². The Kier molecular flexibility index (Phi) is 3.87. The standard InChI is InChI=1S/C15H29N3O/c1-12-3-8-18(9-14(12)19-2)15(10-16)11-17-6-4-13(15)5-7-17/h12-14H,3-11,16H2,1-2H3. The van der Waals surface area contributed by atoms with Crippen LogP contribution in [0.2, 0.25) is 0 Å². The molecule has 4 heteroatoms. The molecule has 0 saturated carbocycles. The minimum Gasteiger partial charge on any atom is -0.380 e. The maximum Gasteiger partial charge on any atom is 0.0724 e. The lowest BCUT2D eigenvalue weighted by Gasteiger charge is -2.59. The molecule has 0 aromatic rings. The van der Waals surface area contributed by atoms with Crippen LogP contribution in [-0.4, -0.2) is 67.8 Å². The molecule has 4 nitrogen and oxygen atoms in total. The molecule has 3 atom stereocenters. The van der Waals surface area contributed by atoms with Gasteiger partial charge in [-0.05, 0) is 50.7 Å². The number of rotatable bonds is 3. The van der Waals surface area contributed by atoms with E-state index in [1.807, 2.05) is 7.11 Å². The summed E-state index contributed by atoms with van der Waals surface area (Å²) in [5.74, 6) is 1.48. The van der Waals surface area contributed by atoms with E-state index in [4.69, 9.17) is 10.5 Å². The predicted octanol–water partition coefficient (Wildman–Crippen LogP) is 0.766. The van der Waals surface area contributed by atoms with Gasteiger partial charge in [0.1, 0.15) is 0 Å². The largest absolute Gasteiger partial charge is 0.380 e. The topological polar surface area (TPSA) is 41.7 Å². The number of piperidine rings is 4. The Hall–Kier alpha value is -0.160. The predicted molar refractivity (Wildman–Crippen MR) is 77.1 cm³/mol. The Morgan fingerprint density at radius 1 is 1.21 bits per heavy atom. The highest BCUT2D eigenvalue weighted by molar-refractivity contribution is 5.07. The van der Waals surface area contributed by atoms with Gasteiger partial charge in [0, 0.05) is 32.3 Å². The minimum atomic E-state index is 0.230. The zero-order valence-electron chi connectivity index (χ0n) is 12.5. The highest BCUT2D eigenvalue weighted by Gasteiger charge is 2.50. The van der Waals surface area contributed by atoms with Gasteiger partial charge in [-0.1, -0.05) is 6.92 Å². The lowest BCUT2D eigenvalue weighted by atomic mass is 9.70. The quantitative estimate of drug-likeness (QED) is 0.820. The second kappa shape index (κ2) is 5.32. The molecule has 0 spiro atoms. The van der Waals surface area contributed by atoms with Crippen molar-refractivity contribution >= 4 is 0 Å². The van der Waals surface area contributed by atoms with Crippen molar-refractivity contribution in [2.24, 2.45) is 17.6 Å². The van der Waals surface area contributed by atoms with E-state index in [1.165, 1.54) is 45.4 Å². The molecule has 0 radical (unpaired) electrons. The van der Waals surface area contributed by atoms with Crippen LogP contribution in [0.3, 0.4) is 0 Å². The van der Waals surface area contributed by atoms with Crippen LogP contribution in [0.25, 0.3) is 0 Å². The number of nitrogens with two attached hydrogens (primary N) is 1. The number of ether oxygens (including phenoxy) is 1. The first-order valence-corrected chi connectivity index (χ1v) is 7.90. The average molecular weight is 267 g/mol. The molecule has 4 rings (SSSR count). The second-order valence-electron chi connectivity index (χ2n) is 6.84. The number of hydrogen-bond acceptors (Lipinski definition) is 4. The lowest BCUT2D eigenvalue weighted by molar-refractivity contribution is -0.109. The monoisotopic (exact) mass is 267 g/mol. The molecule has 4 fully saturated rings. The fourth-order valence-electron chi connectivity index (χ4n) is 4.61. The molecule has 0 amide bonds. The summed E-state index contributed by atoms with van der Waals surface area (Å²) in [4.78, 5) is 5.30. The van der Waals surface area contributed by atoms with Gasteiger partial charge in [0.2, 0.25) is 0 Å². The van der Waals surface area contributed by atoms with Crippen LogP contribution in [0.4, 0.5) is 0 Å². The summed E-state index contributed by atoms with van der Waals surface area (Å²) in [7, 11) is 1.86. The highest BCUT2D eigenvalue weighted by atomic mass is 16.5. The first kappa shape index (κ1) is 13.8. The summed E-state index contributed by atoms with van der Waals surface area (Å²) in [5.41, 5.74) is 6.50. The van der Waals surface area contributed by atoms with Gasteiger partial charge in [-0.15, -0.1) is 0 Å². The van der Waals surface area contributed by atoms with E-state index in [-0.39, 0.29) is 5.54 Å². The van der Waals surface area contributed by atoms with Crippen molar-refractivity contribution < 1.29 is 4.74 Å². The second-order valence-corrected chi connectivity index (χ2v) is 6.84. The Balaban J connectivity index is 1.78. The van der Waals surface area contributed by atoms with Crippen molar-refractivity contribution in [2.45, 2.75) is 37.8 Å². The molecule has 4 saturated heterocycles. The summed E-state index contributed by atoms with van der Waals surface area (Å²) in [6.45, 7) is 9.13. The normalized spacial score (nSPS) is 47.5. The van der Waals surface area contributed by atoms with E-state index < -0.39 is 0 Å². The number of likely N-dealkylation sites (tertiary alicyclic amines) is 1. The van der Waals surface area contributed by atoms with Crippen molar-refractivity contribution in [1.29, 1.82) is 0 Å². The summed E-state index contributed by atoms with van der Waals surface area (Å²) in [5, 5.41) is 0. The van der Waals surface area contributed by atoms with E-state index in [0.29, 0.717) is 12.0 Å². The maximum absolute atomic E-state index is 6.27. The smallest absolute Gasteiger partial charge is 0.0724 e. The van der Waals surface area contributed by atoms with E-state index in [1.54, 1.807) is 0 Å². The Bertz CT molecular complexity index is 317. The van der Waals surface area contributed by atoms with Crippen LogP contribution in [0.15, 0.2) is 0 Å². The Morgan fingerprint density at radius 3 is 2.47 bits per heavy atom. The number of nitrogens with zero attached hydrogens (tertiary/aromatic N) is 2. The molecular weight excluding hydrogens is 238 g/mol. The molecular formula is C15H29N3O. The molecule has 4 aliphatic heterocycles. The zero-order valence-corrected chi connectivity index (χ0v) is 12.5. The maximum atomic E-state index is 6.27. The van der Waals surface area contributed by atoms with Crippen LogP contribution < -0.4 is 5.73 Å². The van der Waals surface area contributed by atoms with Gasteiger partial charge in [-0.25, -0.2) is 0 Å². The first-order valence-electron chi connectivity index (χ1n) is 7.90. The molecule has 4 heterocycles. The van der Waals surface area contributed by atoms with Crippen LogP contribution in [0, 0.1) is 11.8 Å². The molecule has 4 aliphatic rings. The fourth-order valence-corrected chi connectivity index (χ4v) is 4.61. The van der Waals surface area contributed by atoms with Gasteiger partial charge in [0.15, 0.2) is 0 Å². The van der Waals surface area contributed by atoms with E-state index >= 15 is 0 Å². The summed E-state index contributed by atoms with van der Waals surface area (Å²) < 4.78 is 5.70. The molecule has 19 heavy (non-hydrogen) atoms. The highest BCUT2D eigenvalue weighted by Crippen LogP contribution is 2.41. The summed E-state index contributed by atoms with van der Waals surface area (Å²) in [6.07, 6.45) is 4.29. The van der Waals surface area contributed by atoms with Crippen molar-refractivity contribution in [3.8, 4) is 0 Å². The lowest BCUT2D eigenvalue weighted by Crippen LogP contribution is -2.72. The third kappa shape index (κ3) is 2.23. The van der Waals surface area contributed by atoms with Crippen molar-refractivity contribution in [3.63, 3.8) is 0 Å². The Labute approximate surface area is 117 Å². The fraction of sp³-hybridized carbons (Fsp3) is 1.00. The van der Waals surface area contributed by atoms with Gasteiger partial charge >= 0.3 is 0 Å². The van der Waals surface area contributed by atoms with Gasteiger partial charge in [0.05, 0.1) is 6.10 Å². The van der Waals surface area contributed by atoms with Crippen molar-refractivity contribution in [3.05, 3.63) is 0 Å². The molecule has 110 valence electrons. The third-order valence-corrected chi connectivity index (χ3v) is 6.02. The van der Waals surface area contributed by atoms with Gasteiger partial charge in [-0.2, -0.15) is 0 Å². The van der Waals surface area contributed by atoms with Gasteiger partial charge in [0.25, 0.3) is 0 Å². The van der Waals surface area contributed by atoms with Gasteiger partial charge < -0.3 is 15.4 Å². The third-order valence-electron chi connectivity index (χ3n) is 6.02. The van der Waals surface area contributed by atoms with Crippen molar-refractivity contribution in [1.82, 2.24) is 9.80 Å². The molecule has 0 aliphatic carbocycles. The molecule has 2 bridgehead atoms. The molecule has 3 unspecified atom stereocenters. The zero-order chi connectivity index (χ0) is 13.5. The van der Waals surface area contributed by atoms with Crippen molar-refractivity contribution in [2.75, 3.05) is 46.4 Å². The van der Waals surface area contributed by atoms with Crippen LogP contribution in [-0.2, 0) is 4.74 Å². The van der Waals surface area contributed by atoms with E-state index in [9.17, 15) is 0 Å². The van der Waals surface area contributed by atoms with Crippen LogP contribution in [0.1, 0.15) is 26.2 Å². The van der Waals surface area contributed by atoms with Gasteiger partial charge in [-0.3, -0.25) is 4.90 Å². The minimum absolute atomic E-state index is 0.230.